The van der Waals surface area contributed by atoms with E-state index < -0.39 is 0 Å². The Balaban J connectivity index is 2.14. The number of nitrogens with one attached hydrogen (secondary N) is 1. The van der Waals surface area contributed by atoms with Crippen LogP contribution in [-0.4, -0.2) is 4.98 Å². The van der Waals surface area contributed by atoms with Gasteiger partial charge in [0, 0.05) is 12.7 Å². The van der Waals surface area contributed by atoms with E-state index in [4.69, 9.17) is 5.73 Å². The number of rotatable bonds is 3. The zero-order valence-corrected chi connectivity index (χ0v) is 10.5. The lowest BCUT2D eigenvalue weighted by molar-refractivity contribution is 0.608. The van der Waals surface area contributed by atoms with Crippen LogP contribution in [0.1, 0.15) is 16.7 Å². The largest absolute Gasteiger partial charge is 0.396 e. The van der Waals surface area contributed by atoms with E-state index in [0.29, 0.717) is 23.4 Å². The first-order valence-corrected chi connectivity index (χ1v) is 5.77. The normalized spacial score (nSPS) is 10.4. The highest BCUT2D eigenvalue weighted by Gasteiger charge is 2.04. The predicted octanol–water partition coefficient (Wildman–Crippen LogP) is 3.03. The van der Waals surface area contributed by atoms with Gasteiger partial charge in [-0.25, -0.2) is 4.39 Å². The van der Waals surface area contributed by atoms with Crippen molar-refractivity contribution in [3.8, 4) is 0 Å². The average Bonchev–Trinajstić information content (AvgIpc) is 2.35. The molecule has 2 rings (SSSR count). The first kappa shape index (κ1) is 12.4. The molecule has 0 atom stereocenters. The van der Waals surface area contributed by atoms with Crippen molar-refractivity contribution in [2.45, 2.75) is 20.4 Å². The Morgan fingerprint density at radius 3 is 2.56 bits per heavy atom. The number of hydrogen-bond acceptors (Lipinski definition) is 3. The molecule has 2 aromatic rings. The highest BCUT2D eigenvalue weighted by atomic mass is 19.1. The molecular formula is C14H16FN3. The molecule has 0 unspecified atom stereocenters. The second-order valence-corrected chi connectivity index (χ2v) is 4.36. The zero-order valence-electron chi connectivity index (χ0n) is 10.5. The molecule has 0 spiro atoms. The molecule has 0 aliphatic carbocycles. The third-order valence-electron chi connectivity index (χ3n) is 2.83. The molecule has 4 heteroatoms. The molecule has 0 saturated carbocycles. The molecule has 0 bridgehead atoms. The van der Waals surface area contributed by atoms with Crippen molar-refractivity contribution in [3.05, 3.63) is 53.1 Å². The summed E-state index contributed by atoms with van der Waals surface area (Å²) in [6.07, 6.45) is 3.28. The van der Waals surface area contributed by atoms with Crippen LogP contribution in [0.4, 0.5) is 15.8 Å². The van der Waals surface area contributed by atoms with Gasteiger partial charge in [-0.3, -0.25) is 4.98 Å². The quantitative estimate of drug-likeness (QED) is 0.873. The number of aromatic nitrogens is 1. The van der Waals surface area contributed by atoms with Crippen molar-refractivity contribution >= 4 is 11.4 Å². The van der Waals surface area contributed by atoms with Gasteiger partial charge in [-0.1, -0.05) is 12.1 Å². The molecule has 3 nitrogen and oxygen atoms in total. The third kappa shape index (κ3) is 2.59. The number of halogens is 1. The Morgan fingerprint density at radius 2 is 1.94 bits per heavy atom. The van der Waals surface area contributed by atoms with Crippen LogP contribution in [0.5, 0.6) is 0 Å². The fourth-order valence-corrected chi connectivity index (χ4v) is 1.90. The fraction of sp³-hybridized carbons (Fsp3) is 0.214. The Labute approximate surface area is 106 Å². The predicted molar refractivity (Wildman–Crippen MR) is 71.9 cm³/mol. The summed E-state index contributed by atoms with van der Waals surface area (Å²) in [4.78, 5) is 3.93. The monoisotopic (exact) mass is 245 g/mol. The Morgan fingerprint density at radius 1 is 1.28 bits per heavy atom. The van der Waals surface area contributed by atoms with Crippen LogP contribution < -0.4 is 11.1 Å². The molecule has 1 aromatic carbocycles. The summed E-state index contributed by atoms with van der Waals surface area (Å²) in [5, 5.41) is 3.22. The third-order valence-corrected chi connectivity index (χ3v) is 2.83. The van der Waals surface area contributed by atoms with Gasteiger partial charge in [-0.2, -0.15) is 0 Å². The highest BCUT2D eigenvalue weighted by molar-refractivity contribution is 5.64. The van der Waals surface area contributed by atoms with Gasteiger partial charge >= 0.3 is 0 Å². The molecule has 1 heterocycles. The van der Waals surface area contributed by atoms with Gasteiger partial charge in [0.05, 0.1) is 17.6 Å². The summed E-state index contributed by atoms with van der Waals surface area (Å²) in [6, 6.07) is 5.50. The molecule has 94 valence electrons. The van der Waals surface area contributed by atoms with E-state index in [1.807, 2.05) is 18.2 Å². The molecule has 0 aliphatic rings. The van der Waals surface area contributed by atoms with Crippen LogP contribution >= 0.6 is 0 Å². The number of pyridine rings is 1. The Hall–Kier alpha value is -2.10. The van der Waals surface area contributed by atoms with Crippen LogP contribution in [0.2, 0.25) is 0 Å². The standard InChI is InChI=1S/C14H16FN3/c1-9-5-11(6-10(2)14(9)15)7-18-13-3-4-17-8-12(13)16/h3-6,8H,7,16H2,1-2H3,(H,17,18). The SMILES string of the molecule is Cc1cc(CNc2ccncc2N)cc(C)c1F. The summed E-state index contributed by atoms with van der Waals surface area (Å²) in [6.45, 7) is 4.15. The number of hydrogen-bond donors (Lipinski definition) is 2. The van der Waals surface area contributed by atoms with E-state index in [9.17, 15) is 4.39 Å². The van der Waals surface area contributed by atoms with Crippen LogP contribution in [0.15, 0.2) is 30.6 Å². The number of aryl methyl sites for hydroxylation is 2. The van der Waals surface area contributed by atoms with Crippen LogP contribution in [-0.2, 0) is 6.54 Å². The Bertz CT molecular complexity index is 544. The van der Waals surface area contributed by atoms with E-state index in [2.05, 4.69) is 10.3 Å². The topological polar surface area (TPSA) is 50.9 Å². The summed E-state index contributed by atoms with van der Waals surface area (Å²) >= 11 is 0. The van der Waals surface area contributed by atoms with Gasteiger partial charge < -0.3 is 11.1 Å². The minimum atomic E-state index is -0.137. The van der Waals surface area contributed by atoms with Crippen LogP contribution in [0.3, 0.4) is 0 Å². The first-order valence-electron chi connectivity index (χ1n) is 5.77. The van der Waals surface area contributed by atoms with Crippen LogP contribution in [0, 0.1) is 19.7 Å². The summed E-state index contributed by atoms with van der Waals surface area (Å²) in [5.41, 5.74) is 9.58. The number of nitrogens with zero attached hydrogens (tertiary/aromatic N) is 1. The van der Waals surface area contributed by atoms with Crippen molar-refractivity contribution in [1.82, 2.24) is 4.98 Å². The lowest BCUT2D eigenvalue weighted by Gasteiger charge is -2.10. The molecular weight excluding hydrogens is 229 g/mol. The van der Waals surface area contributed by atoms with Crippen molar-refractivity contribution in [1.29, 1.82) is 0 Å². The number of anilines is 2. The summed E-state index contributed by atoms with van der Waals surface area (Å²) in [7, 11) is 0. The summed E-state index contributed by atoms with van der Waals surface area (Å²) in [5.74, 6) is -0.137. The van der Waals surface area contributed by atoms with E-state index in [1.54, 1.807) is 26.2 Å². The first-order chi connectivity index (χ1) is 8.58. The number of benzene rings is 1. The van der Waals surface area contributed by atoms with Gasteiger partial charge in [0.1, 0.15) is 5.82 Å². The van der Waals surface area contributed by atoms with Gasteiger partial charge in [-0.05, 0) is 36.6 Å². The maximum atomic E-state index is 13.5. The molecule has 3 N–H and O–H groups in total. The van der Waals surface area contributed by atoms with Crippen LogP contribution in [0.25, 0.3) is 0 Å². The second-order valence-electron chi connectivity index (χ2n) is 4.36. The number of nitrogen functional groups attached to an aromatic ring is 1. The second kappa shape index (κ2) is 5.04. The zero-order chi connectivity index (χ0) is 13.1. The lowest BCUT2D eigenvalue weighted by Crippen LogP contribution is -2.04. The van der Waals surface area contributed by atoms with Crippen molar-refractivity contribution in [3.63, 3.8) is 0 Å². The van der Waals surface area contributed by atoms with E-state index in [0.717, 1.165) is 11.3 Å². The van der Waals surface area contributed by atoms with Crippen molar-refractivity contribution in [2.75, 3.05) is 11.1 Å². The molecule has 0 amide bonds. The maximum absolute atomic E-state index is 13.5. The minimum Gasteiger partial charge on any atom is -0.396 e. The van der Waals surface area contributed by atoms with Crippen molar-refractivity contribution < 1.29 is 4.39 Å². The molecule has 0 radical (unpaired) electrons. The van der Waals surface area contributed by atoms with Gasteiger partial charge in [0.25, 0.3) is 0 Å². The van der Waals surface area contributed by atoms with E-state index in [1.165, 1.54) is 0 Å². The molecule has 0 fully saturated rings. The van der Waals surface area contributed by atoms with E-state index >= 15 is 0 Å². The van der Waals surface area contributed by atoms with Gasteiger partial charge in [-0.15, -0.1) is 0 Å². The smallest absolute Gasteiger partial charge is 0.129 e. The summed E-state index contributed by atoms with van der Waals surface area (Å²) < 4.78 is 13.5. The Kier molecular flexibility index (Phi) is 3.46. The van der Waals surface area contributed by atoms with Gasteiger partial charge in [0.2, 0.25) is 0 Å². The fourth-order valence-electron chi connectivity index (χ4n) is 1.90. The minimum absolute atomic E-state index is 0.137. The highest BCUT2D eigenvalue weighted by Crippen LogP contribution is 2.19. The maximum Gasteiger partial charge on any atom is 0.129 e. The van der Waals surface area contributed by atoms with E-state index in [-0.39, 0.29) is 5.82 Å². The molecule has 1 aromatic heterocycles. The van der Waals surface area contributed by atoms with Gasteiger partial charge in [0.15, 0.2) is 0 Å². The average molecular weight is 245 g/mol. The van der Waals surface area contributed by atoms with Crippen molar-refractivity contribution in [2.24, 2.45) is 0 Å². The number of nitrogens with two attached hydrogens (primary N) is 1. The lowest BCUT2D eigenvalue weighted by atomic mass is 10.1. The molecule has 18 heavy (non-hydrogen) atoms. The molecule has 0 saturated heterocycles. The molecule has 0 aliphatic heterocycles.